The van der Waals surface area contributed by atoms with Crippen LogP contribution in [0.2, 0.25) is 10.0 Å². The van der Waals surface area contributed by atoms with E-state index in [1.54, 1.807) is 34.0 Å². The molecule has 0 saturated carbocycles. The second-order valence-corrected chi connectivity index (χ2v) is 6.16. The van der Waals surface area contributed by atoms with E-state index in [0.29, 0.717) is 34.4 Å². The molecule has 1 aromatic carbocycles. The number of β-amino-alcohol motifs (C(OH)–C–C–N with tert-alkyl or cyclic N) is 1. The van der Waals surface area contributed by atoms with Gasteiger partial charge in [-0.25, -0.2) is 4.68 Å². The van der Waals surface area contributed by atoms with Crippen LogP contribution in [0.4, 0.5) is 0 Å². The molecule has 1 saturated heterocycles. The summed E-state index contributed by atoms with van der Waals surface area (Å²) in [7, 11) is 0. The number of carbonyl (C=O) groups excluding carboxylic acids is 1. The summed E-state index contributed by atoms with van der Waals surface area (Å²) in [6.07, 6.45) is 4.25. The highest BCUT2D eigenvalue weighted by Crippen LogP contribution is 2.24. The molecule has 116 valence electrons. The third-order valence-corrected chi connectivity index (χ3v) is 4.21. The molecule has 1 N–H and O–H groups in total. The Hall–Kier alpha value is -1.56. The topological polar surface area (TPSA) is 58.4 Å². The van der Waals surface area contributed by atoms with Crippen molar-refractivity contribution in [2.75, 3.05) is 13.1 Å². The van der Waals surface area contributed by atoms with Crippen LogP contribution in [0.5, 0.6) is 0 Å². The van der Waals surface area contributed by atoms with Gasteiger partial charge in [0.05, 0.1) is 28.6 Å². The van der Waals surface area contributed by atoms with Crippen LogP contribution in [-0.4, -0.2) is 44.9 Å². The minimum absolute atomic E-state index is 0.130. The zero-order valence-electron chi connectivity index (χ0n) is 11.7. The van der Waals surface area contributed by atoms with Crippen molar-refractivity contribution in [1.29, 1.82) is 0 Å². The maximum atomic E-state index is 12.4. The average molecular weight is 340 g/mol. The minimum atomic E-state index is -0.446. The van der Waals surface area contributed by atoms with Crippen LogP contribution in [0.3, 0.4) is 0 Å². The van der Waals surface area contributed by atoms with Gasteiger partial charge in [-0.15, -0.1) is 0 Å². The number of hydrogen-bond donors (Lipinski definition) is 1. The first kappa shape index (κ1) is 15.3. The first-order chi connectivity index (χ1) is 10.5. The van der Waals surface area contributed by atoms with Gasteiger partial charge >= 0.3 is 0 Å². The molecule has 1 aliphatic rings. The number of aromatic nitrogens is 2. The second kappa shape index (κ2) is 6.28. The van der Waals surface area contributed by atoms with Gasteiger partial charge in [0.15, 0.2) is 0 Å². The molecule has 0 spiro atoms. The highest BCUT2D eigenvalue weighted by atomic mass is 35.5. The lowest BCUT2D eigenvalue weighted by Gasteiger charge is -2.29. The summed E-state index contributed by atoms with van der Waals surface area (Å²) in [5.74, 6) is -0.130. The van der Waals surface area contributed by atoms with E-state index in [1.807, 2.05) is 0 Å². The number of hydrogen-bond acceptors (Lipinski definition) is 3. The normalized spacial score (nSPS) is 18.5. The van der Waals surface area contributed by atoms with E-state index in [9.17, 15) is 9.90 Å². The van der Waals surface area contributed by atoms with Crippen LogP contribution in [0.25, 0.3) is 5.69 Å². The number of aliphatic hydroxyl groups excluding tert-OH is 1. The molecular formula is C15H15Cl2N3O2. The Bertz CT molecular complexity index is 702. The maximum Gasteiger partial charge on any atom is 0.257 e. The van der Waals surface area contributed by atoms with E-state index in [4.69, 9.17) is 23.2 Å². The smallest absolute Gasteiger partial charge is 0.257 e. The van der Waals surface area contributed by atoms with Crippen LogP contribution in [-0.2, 0) is 0 Å². The largest absolute Gasteiger partial charge is 0.391 e. The number of piperidine rings is 1. The van der Waals surface area contributed by atoms with Gasteiger partial charge in [-0.2, -0.15) is 5.10 Å². The van der Waals surface area contributed by atoms with Gasteiger partial charge in [0.25, 0.3) is 5.91 Å². The van der Waals surface area contributed by atoms with Crippen molar-refractivity contribution < 1.29 is 9.90 Å². The summed E-state index contributed by atoms with van der Waals surface area (Å²) in [4.78, 5) is 14.1. The number of carbonyl (C=O) groups is 1. The summed E-state index contributed by atoms with van der Waals surface area (Å²) in [5.41, 5.74) is 1.13. The van der Waals surface area contributed by atoms with Gasteiger partial charge in [0, 0.05) is 24.3 Å². The fraction of sp³-hybridized carbons (Fsp3) is 0.333. The Kier molecular flexibility index (Phi) is 4.38. The molecule has 0 aliphatic carbocycles. The number of aliphatic hydroxyl groups is 1. The van der Waals surface area contributed by atoms with Gasteiger partial charge in [-0.3, -0.25) is 4.79 Å². The fourth-order valence-electron chi connectivity index (χ4n) is 2.55. The Morgan fingerprint density at radius 3 is 2.91 bits per heavy atom. The number of likely N-dealkylation sites (tertiary alicyclic amines) is 1. The molecule has 2 heterocycles. The zero-order valence-corrected chi connectivity index (χ0v) is 13.3. The maximum absolute atomic E-state index is 12.4. The van der Waals surface area contributed by atoms with Gasteiger partial charge in [0.2, 0.25) is 0 Å². The predicted molar refractivity (Wildman–Crippen MR) is 84.7 cm³/mol. The van der Waals surface area contributed by atoms with E-state index < -0.39 is 6.10 Å². The van der Waals surface area contributed by atoms with Crippen LogP contribution in [0, 0.1) is 0 Å². The molecule has 3 rings (SSSR count). The molecule has 2 aromatic rings. The van der Waals surface area contributed by atoms with Gasteiger partial charge in [-0.05, 0) is 31.0 Å². The monoisotopic (exact) mass is 339 g/mol. The molecule has 1 aromatic heterocycles. The van der Waals surface area contributed by atoms with E-state index in [2.05, 4.69) is 5.10 Å². The molecule has 22 heavy (non-hydrogen) atoms. The van der Waals surface area contributed by atoms with Crippen molar-refractivity contribution in [3.63, 3.8) is 0 Å². The van der Waals surface area contributed by atoms with Crippen LogP contribution >= 0.6 is 23.2 Å². The SMILES string of the molecule is O=C(c1cnn(-c2ccc(Cl)cc2Cl)c1)N1CCCC(O)C1. The summed E-state index contributed by atoms with van der Waals surface area (Å²) < 4.78 is 1.55. The van der Waals surface area contributed by atoms with Gasteiger partial charge in [-0.1, -0.05) is 23.2 Å². The molecule has 1 atom stereocenters. The van der Waals surface area contributed by atoms with Crippen molar-refractivity contribution in [3.8, 4) is 5.69 Å². The van der Waals surface area contributed by atoms with Crippen molar-refractivity contribution >= 4 is 29.1 Å². The molecule has 1 fully saturated rings. The van der Waals surface area contributed by atoms with Gasteiger partial charge in [0.1, 0.15) is 0 Å². The van der Waals surface area contributed by atoms with Crippen LogP contribution < -0.4 is 0 Å². The number of benzene rings is 1. The molecule has 1 aliphatic heterocycles. The lowest BCUT2D eigenvalue weighted by atomic mass is 10.1. The highest BCUT2D eigenvalue weighted by Gasteiger charge is 2.24. The van der Waals surface area contributed by atoms with E-state index >= 15 is 0 Å². The molecule has 1 amide bonds. The summed E-state index contributed by atoms with van der Waals surface area (Å²) in [6, 6.07) is 5.09. The Balaban J connectivity index is 1.82. The number of amides is 1. The third kappa shape index (κ3) is 3.11. The quantitative estimate of drug-likeness (QED) is 0.915. The number of halogens is 2. The number of nitrogens with zero attached hydrogens (tertiary/aromatic N) is 3. The van der Waals surface area contributed by atoms with Crippen molar-refractivity contribution in [2.24, 2.45) is 0 Å². The van der Waals surface area contributed by atoms with Crippen molar-refractivity contribution in [3.05, 3.63) is 46.2 Å². The predicted octanol–water partition coefficient (Wildman–Crippen LogP) is 2.78. The number of rotatable bonds is 2. The summed E-state index contributed by atoms with van der Waals surface area (Å²) >= 11 is 12.0. The standard InChI is InChI=1S/C15H15Cl2N3O2/c16-11-3-4-14(13(17)6-11)20-8-10(7-18-20)15(22)19-5-1-2-12(21)9-19/h3-4,6-8,12,21H,1-2,5,9H2. The minimum Gasteiger partial charge on any atom is -0.391 e. The van der Waals surface area contributed by atoms with Crippen molar-refractivity contribution in [2.45, 2.75) is 18.9 Å². The molecule has 0 bridgehead atoms. The fourth-order valence-corrected chi connectivity index (χ4v) is 3.05. The summed E-state index contributed by atoms with van der Waals surface area (Å²) in [6.45, 7) is 1.02. The molecular weight excluding hydrogens is 325 g/mol. The third-order valence-electron chi connectivity index (χ3n) is 3.67. The van der Waals surface area contributed by atoms with E-state index in [0.717, 1.165) is 12.8 Å². The van der Waals surface area contributed by atoms with E-state index in [1.165, 1.54) is 6.20 Å². The van der Waals surface area contributed by atoms with Gasteiger partial charge < -0.3 is 10.0 Å². The zero-order chi connectivity index (χ0) is 15.7. The lowest BCUT2D eigenvalue weighted by Crippen LogP contribution is -2.42. The van der Waals surface area contributed by atoms with E-state index in [-0.39, 0.29) is 5.91 Å². The summed E-state index contributed by atoms with van der Waals surface area (Å²) in [5, 5.41) is 14.9. The molecule has 7 heteroatoms. The van der Waals surface area contributed by atoms with Crippen LogP contribution in [0.1, 0.15) is 23.2 Å². The Morgan fingerprint density at radius 1 is 1.36 bits per heavy atom. The lowest BCUT2D eigenvalue weighted by molar-refractivity contribution is 0.0474. The molecule has 5 nitrogen and oxygen atoms in total. The Labute approximate surface area is 138 Å². The average Bonchev–Trinajstić information content (AvgIpc) is 2.96. The van der Waals surface area contributed by atoms with Crippen LogP contribution in [0.15, 0.2) is 30.6 Å². The second-order valence-electron chi connectivity index (χ2n) is 5.32. The van der Waals surface area contributed by atoms with Crippen molar-refractivity contribution in [1.82, 2.24) is 14.7 Å². The first-order valence-corrected chi connectivity index (χ1v) is 7.77. The highest BCUT2D eigenvalue weighted by molar-refractivity contribution is 6.35. The molecule has 0 radical (unpaired) electrons. The Morgan fingerprint density at radius 2 is 2.18 bits per heavy atom. The molecule has 1 unspecified atom stereocenters. The first-order valence-electron chi connectivity index (χ1n) is 7.02.